The molecule has 0 radical (unpaired) electrons. The Morgan fingerprint density at radius 1 is 0.559 bits per heavy atom. The van der Waals surface area contributed by atoms with E-state index in [9.17, 15) is 4.79 Å². The fourth-order valence-corrected chi connectivity index (χ4v) is 7.33. The second kappa shape index (κ2) is 17.8. The van der Waals surface area contributed by atoms with Crippen LogP contribution >= 0.6 is 0 Å². The van der Waals surface area contributed by atoms with E-state index >= 15 is 0 Å². The maximum atomic E-state index is 12.3. The number of hydrogen-bond donors (Lipinski definition) is 2. The summed E-state index contributed by atoms with van der Waals surface area (Å²) < 4.78 is 5.50. The minimum Gasteiger partial charge on any atom is -0.444 e. The highest BCUT2D eigenvalue weighted by molar-refractivity contribution is 5.91. The zero-order valence-corrected chi connectivity index (χ0v) is 34.0. The van der Waals surface area contributed by atoms with Gasteiger partial charge in [0, 0.05) is 63.1 Å². The minimum absolute atomic E-state index is 0.267. The van der Waals surface area contributed by atoms with Crippen LogP contribution in [-0.2, 0) is 30.8 Å². The molecule has 0 bridgehead atoms. The highest BCUT2D eigenvalue weighted by Crippen LogP contribution is 2.28. The molecule has 2 N–H and O–H groups in total. The summed E-state index contributed by atoms with van der Waals surface area (Å²) in [5.41, 5.74) is 6.61. The van der Waals surface area contributed by atoms with Crippen LogP contribution in [0.3, 0.4) is 0 Å². The number of anilines is 4. The van der Waals surface area contributed by atoms with Crippen LogP contribution in [0.4, 0.5) is 28.3 Å². The van der Waals surface area contributed by atoms with Crippen LogP contribution < -0.4 is 20.4 Å². The Hall–Kier alpha value is -6.75. The molecule has 2 aliphatic heterocycles. The van der Waals surface area contributed by atoms with E-state index in [0.717, 1.165) is 65.4 Å². The molecule has 1 amide bonds. The molecule has 0 spiro atoms. The highest BCUT2D eigenvalue weighted by atomic mass is 16.6. The number of ether oxygens (including phenoxy) is 1. The number of carbonyl (C=O) groups excluding carboxylic acids is 1. The molecule has 2 aliphatic rings. The Kier molecular flexibility index (Phi) is 11.8. The normalized spacial score (nSPS) is 14.0. The van der Waals surface area contributed by atoms with E-state index in [0.29, 0.717) is 38.7 Å². The topological polar surface area (TPSA) is 112 Å². The van der Waals surface area contributed by atoms with Gasteiger partial charge in [0.25, 0.3) is 0 Å². The fraction of sp³-hybridized carbons (Fsp3) is 0.271. The van der Waals surface area contributed by atoms with E-state index in [2.05, 4.69) is 93.2 Å². The number of rotatable bonds is 8. The van der Waals surface area contributed by atoms with E-state index in [1.54, 1.807) is 4.90 Å². The van der Waals surface area contributed by atoms with Crippen LogP contribution in [0.25, 0.3) is 21.8 Å². The van der Waals surface area contributed by atoms with E-state index in [1.165, 1.54) is 22.3 Å². The first kappa shape index (κ1) is 39.1. The van der Waals surface area contributed by atoms with Crippen LogP contribution in [0.15, 0.2) is 133 Å². The number of hydrogen-bond acceptors (Lipinski definition) is 10. The van der Waals surface area contributed by atoms with Crippen molar-refractivity contribution in [3.8, 4) is 0 Å². The van der Waals surface area contributed by atoms with Gasteiger partial charge in [0.1, 0.15) is 17.2 Å². The van der Waals surface area contributed by atoms with Gasteiger partial charge in [0.15, 0.2) is 0 Å². The number of aromatic nitrogens is 4. The number of amides is 1. The van der Waals surface area contributed by atoms with Crippen molar-refractivity contribution < 1.29 is 9.53 Å². The van der Waals surface area contributed by atoms with E-state index in [-0.39, 0.29) is 6.09 Å². The Morgan fingerprint density at radius 2 is 1.03 bits per heavy atom. The molecule has 11 nitrogen and oxygen atoms in total. The molecule has 0 aliphatic carbocycles. The third-order valence-corrected chi connectivity index (χ3v) is 10.4. The summed E-state index contributed by atoms with van der Waals surface area (Å²) in [5, 5.41) is 9.05. The van der Waals surface area contributed by atoms with Crippen molar-refractivity contribution in [2.75, 3.05) is 53.2 Å². The van der Waals surface area contributed by atoms with Crippen molar-refractivity contribution in [3.63, 3.8) is 0 Å². The number of carbonyl (C=O) groups is 1. The smallest absolute Gasteiger partial charge is 0.410 e. The third-order valence-electron chi connectivity index (χ3n) is 10.4. The molecule has 59 heavy (non-hydrogen) atoms. The van der Waals surface area contributed by atoms with Gasteiger partial charge in [-0.2, -0.15) is 9.97 Å². The maximum Gasteiger partial charge on any atom is 0.410 e. The average molecular weight is 786 g/mol. The van der Waals surface area contributed by atoms with Gasteiger partial charge in [-0.05, 0) is 73.7 Å². The number of benzene rings is 5. The number of fused-ring (bicyclic) bond motifs is 3. The quantitative estimate of drug-likeness (QED) is 0.155. The lowest BCUT2D eigenvalue weighted by atomic mass is 10.0. The number of para-hydroxylation sites is 2. The van der Waals surface area contributed by atoms with Crippen LogP contribution in [0.5, 0.6) is 0 Å². The Labute approximate surface area is 346 Å². The average Bonchev–Trinajstić information content (AvgIpc) is 3.27. The summed E-state index contributed by atoms with van der Waals surface area (Å²) >= 11 is 0. The van der Waals surface area contributed by atoms with Gasteiger partial charge < -0.3 is 30.1 Å². The summed E-state index contributed by atoms with van der Waals surface area (Å²) in [6, 6.07) is 45.6. The maximum absolute atomic E-state index is 12.3. The number of nitrogens with one attached hydrogen (secondary N) is 2. The molecule has 11 heteroatoms. The summed E-state index contributed by atoms with van der Waals surface area (Å²) in [6.45, 7) is 11.4. The molecular formula is C48H51N9O2. The molecule has 1 saturated heterocycles. The summed E-state index contributed by atoms with van der Waals surface area (Å²) in [5.74, 6) is 3.18. The third kappa shape index (κ3) is 9.87. The fourth-order valence-electron chi connectivity index (χ4n) is 7.33. The van der Waals surface area contributed by atoms with Crippen LogP contribution in [-0.4, -0.2) is 69.3 Å². The lowest BCUT2D eigenvalue weighted by molar-refractivity contribution is 0.0240. The molecule has 300 valence electrons. The largest absolute Gasteiger partial charge is 0.444 e. The Morgan fingerprint density at radius 3 is 1.58 bits per heavy atom. The first-order valence-electron chi connectivity index (χ1n) is 20.4. The molecule has 0 atom stereocenters. The van der Waals surface area contributed by atoms with E-state index in [1.807, 2.05) is 81.4 Å². The zero-order valence-electron chi connectivity index (χ0n) is 34.0. The minimum atomic E-state index is -0.491. The standard InChI is InChI=1S/C24H29N5O2.C24H22N4/c1-24(2,3)31-23(30)29-15-13-28(14-16-29)22-26-20-12-8-7-11-19(20)21(27-22)25-17-18-9-5-4-6-10-18;1-2-8-18(9-3-1)16-25-23-21-12-6-7-13-22(21)26-24(27-23)28-15-14-19-10-4-5-11-20(19)17-28/h4-12H,13-17H2,1-3H3,(H,25,26,27);1-13H,14-17H2,(H,25,26,27). The van der Waals surface area contributed by atoms with Crippen molar-refractivity contribution in [1.82, 2.24) is 24.8 Å². The van der Waals surface area contributed by atoms with E-state index < -0.39 is 5.60 Å². The summed E-state index contributed by atoms with van der Waals surface area (Å²) in [7, 11) is 0. The molecule has 5 aromatic carbocycles. The molecule has 0 saturated carbocycles. The second-order valence-corrected chi connectivity index (χ2v) is 15.9. The van der Waals surface area contributed by atoms with Gasteiger partial charge in [-0.1, -0.05) is 109 Å². The molecule has 4 heterocycles. The molecular weight excluding hydrogens is 735 g/mol. The van der Waals surface area contributed by atoms with Crippen LogP contribution in [0.1, 0.15) is 43.0 Å². The SMILES string of the molecule is CC(C)(C)OC(=O)N1CCN(c2nc(NCc3ccccc3)c3ccccc3n2)CC1.c1ccc(CNc2nc(N3CCc4ccccc4C3)nc3ccccc23)cc1. The molecule has 7 aromatic rings. The van der Waals surface area contributed by atoms with Crippen molar-refractivity contribution in [3.05, 3.63) is 156 Å². The lowest BCUT2D eigenvalue weighted by Gasteiger charge is -2.35. The molecule has 0 unspecified atom stereocenters. The predicted octanol–water partition coefficient (Wildman–Crippen LogP) is 9.10. The van der Waals surface area contributed by atoms with Crippen molar-refractivity contribution in [2.24, 2.45) is 0 Å². The first-order valence-corrected chi connectivity index (χ1v) is 20.4. The van der Waals surface area contributed by atoms with Gasteiger partial charge in [0.05, 0.1) is 11.0 Å². The monoisotopic (exact) mass is 785 g/mol. The second-order valence-electron chi connectivity index (χ2n) is 15.9. The van der Waals surface area contributed by atoms with Gasteiger partial charge in [-0.25, -0.2) is 14.8 Å². The zero-order chi connectivity index (χ0) is 40.6. The lowest BCUT2D eigenvalue weighted by Crippen LogP contribution is -2.50. The van der Waals surface area contributed by atoms with Gasteiger partial charge in [-0.3, -0.25) is 0 Å². The number of piperazine rings is 1. The number of nitrogens with zero attached hydrogens (tertiary/aromatic N) is 7. The molecule has 9 rings (SSSR count). The van der Waals surface area contributed by atoms with E-state index in [4.69, 9.17) is 24.7 Å². The highest BCUT2D eigenvalue weighted by Gasteiger charge is 2.27. The van der Waals surface area contributed by atoms with Gasteiger partial charge in [0.2, 0.25) is 11.9 Å². The summed E-state index contributed by atoms with van der Waals surface area (Å²) in [4.78, 5) is 37.9. The van der Waals surface area contributed by atoms with Crippen LogP contribution in [0.2, 0.25) is 0 Å². The molecule has 1 fully saturated rings. The summed E-state index contributed by atoms with van der Waals surface area (Å²) in [6.07, 6.45) is 0.760. The molecule has 2 aromatic heterocycles. The van der Waals surface area contributed by atoms with Crippen LogP contribution in [0, 0.1) is 0 Å². The van der Waals surface area contributed by atoms with Gasteiger partial charge in [-0.15, -0.1) is 0 Å². The van der Waals surface area contributed by atoms with Crippen molar-refractivity contribution in [1.29, 1.82) is 0 Å². The predicted molar refractivity (Wildman–Crippen MR) is 238 cm³/mol. The van der Waals surface area contributed by atoms with Gasteiger partial charge >= 0.3 is 6.09 Å². The Bertz CT molecular complexity index is 2500. The van der Waals surface area contributed by atoms with Crippen molar-refractivity contribution in [2.45, 2.75) is 52.4 Å². The van der Waals surface area contributed by atoms with Crippen molar-refractivity contribution >= 4 is 51.4 Å². The first-order chi connectivity index (χ1) is 28.8. The Balaban J connectivity index is 0.000000165.